The number of ether oxygens (including phenoxy) is 1. The van der Waals surface area contributed by atoms with Crippen LogP contribution in [0, 0.1) is 5.82 Å². The van der Waals surface area contributed by atoms with Gasteiger partial charge in [0.2, 0.25) is 0 Å². The molecule has 0 saturated carbocycles. The van der Waals surface area contributed by atoms with Gasteiger partial charge in [0.05, 0.1) is 11.9 Å². The van der Waals surface area contributed by atoms with Crippen LogP contribution in [-0.4, -0.2) is 44.5 Å². The maximum absolute atomic E-state index is 14.2. The van der Waals surface area contributed by atoms with Gasteiger partial charge in [-0.2, -0.15) is 5.10 Å². The van der Waals surface area contributed by atoms with E-state index in [-0.39, 0.29) is 12.4 Å². The first-order valence-corrected chi connectivity index (χ1v) is 9.96. The summed E-state index contributed by atoms with van der Waals surface area (Å²) >= 11 is 0. The zero-order valence-electron chi connectivity index (χ0n) is 16.8. The van der Waals surface area contributed by atoms with Gasteiger partial charge < -0.3 is 10.1 Å². The molecule has 0 fully saturated rings. The summed E-state index contributed by atoms with van der Waals surface area (Å²) in [7, 11) is 0. The summed E-state index contributed by atoms with van der Waals surface area (Å²) in [5, 5.41) is 8.78. The Balaban J connectivity index is 1.62. The quantitative estimate of drug-likeness (QED) is 0.425. The van der Waals surface area contributed by atoms with Gasteiger partial charge in [0.1, 0.15) is 17.3 Å². The van der Waals surface area contributed by atoms with Gasteiger partial charge in [0, 0.05) is 37.7 Å². The number of anilines is 1. The maximum Gasteiger partial charge on any atom is 0.182 e. The van der Waals surface area contributed by atoms with Crippen LogP contribution in [0.25, 0.3) is 22.6 Å². The molecule has 4 rings (SSSR count). The molecule has 4 aromatic rings. The third-order valence-corrected chi connectivity index (χ3v) is 4.63. The average molecular weight is 406 g/mol. The molecule has 7 nitrogen and oxygen atoms in total. The third-order valence-electron chi connectivity index (χ3n) is 4.63. The lowest BCUT2D eigenvalue weighted by Gasteiger charge is -2.06. The molecule has 1 N–H and O–H groups in total. The molecule has 3 heterocycles. The summed E-state index contributed by atoms with van der Waals surface area (Å²) in [6.07, 6.45) is 4.28. The monoisotopic (exact) mass is 406 g/mol. The third kappa shape index (κ3) is 4.44. The summed E-state index contributed by atoms with van der Waals surface area (Å²) in [6.45, 7) is 4.43. The Hall–Kier alpha value is -3.39. The van der Waals surface area contributed by atoms with Crippen molar-refractivity contribution >= 4 is 16.9 Å². The minimum absolute atomic E-state index is 0.270. The number of benzene rings is 1. The lowest BCUT2D eigenvalue weighted by atomic mass is 10.2. The number of rotatable bonds is 9. The van der Waals surface area contributed by atoms with Crippen LogP contribution >= 0.6 is 0 Å². The Morgan fingerprint density at radius 3 is 2.83 bits per heavy atom. The number of fused-ring (bicyclic) bond motifs is 1. The molecule has 0 aliphatic carbocycles. The lowest BCUT2D eigenvalue weighted by molar-refractivity contribution is 0.147. The predicted octanol–water partition coefficient (Wildman–Crippen LogP) is 3.91. The van der Waals surface area contributed by atoms with Crippen LogP contribution in [0.3, 0.4) is 0 Å². The summed E-state index contributed by atoms with van der Waals surface area (Å²) in [6, 6.07) is 12.3. The topological polar surface area (TPSA) is 77.8 Å². The van der Waals surface area contributed by atoms with Crippen molar-refractivity contribution < 1.29 is 9.13 Å². The van der Waals surface area contributed by atoms with E-state index >= 15 is 0 Å². The van der Waals surface area contributed by atoms with Crippen LogP contribution in [0.5, 0.6) is 0 Å². The maximum atomic E-state index is 14.2. The molecule has 0 bridgehead atoms. The Morgan fingerprint density at radius 2 is 1.97 bits per heavy atom. The molecular formula is C22H23FN6O. The second-order valence-corrected chi connectivity index (χ2v) is 6.71. The molecule has 1 aromatic carbocycles. The summed E-state index contributed by atoms with van der Waals surface area (Å²) in [5.74, 6) is 0.945. The SMILES string of the molecule is CCOCCCNc1ccnc(-c2nn(Cc3ccccc3F)c3ncccc23)n1. The Bertz CT molecular complexity index is 1130. The van der Waals surface area contributed by atoms with Gasteiger partial charge >= 0.3 is 0 Å². The van der Waals surface area contributed by atoms with Gasteiger partial charge in [0.25, 0.3) is 0 Å². The van der Waals surface area contributed by atoms with Crippen LogP contribution in [0.1, 0.15) is 18.9 Å². The van der Waals surface area contributed by atoms with Gasteiger partial charge in [-0.15, -0.1) is 0 Å². The van der Waals surface area contributed by atoms with Crippen LogP contribution in [-0.2, 0) is 11.3 Å². The lowest BCUT2D eigenvalue weighted by Crippen LogP contribution is -2.08. The molecule has 0 saturated heterocycles. The van der Waals surface area contributed by atoms with Crippen molar-refractivity contribution in [3.63, 3.8) is 0 Å². The highest BCUT2D eigenvalue weighted by atomic mass is 19.1. The number of pyridine rings is 1. The molecule has 0 spiro atoms. The van der Waals surface area contributed by atoms with Gasteiger partial charge in [-0.25, -0.2) is 24.0 Å². The summed E-state index contributed by atoms with van der Waals surface area (Å²) in [5.41, 5.74) is 1.83. The number of hydrogen-bond donors (Lipinski definition) is 1. The van der Waals surface area contributed by atoms with E-state index in [9.17, 15) is 4.39 Å². The number of nitrogens with zero attached hydrogens (tertiary/aromatic N) is 5. The molecule has 0 aliphatic heterocycles. The van der Waals surface area contributed by atoms with Crippen LogP contribution in [0.2, 0.25) is 0 Å². The number of aromatic nitrogens is 5. The molecular weight excluding hydrogens is 383 g/mol. The van der Waals surface area contributed by atoms with E-state index in [0.29, 0.717) is 35.9 Å². The standard InChI is InChI=1S/C22H23FN6O/c1-2-30-14-6-12-24-19-10-13-25-21(27-19)20-17-8-5-11-26-22(17)29(28-20)15-16-7-3-4-9-18(16)23/h3-5,7-11,13H,2,6,12,14-15H2,1H3,(H,24,25,27). The zero-order chi connectivity index (χ0) is 20.8. The van der Waals surface area contributed by atoms with E-state index in [0.717, 1.165) is 24.2 Å². The Labute approximate surface area is 174 Å². The second-order valence-electron chi connectivity index (χ2n) is 6.71. The van der Waals surface area contributed by atoms with Crippen LogP contribution in [0.15, 0.2) is 54.9 Å². The van der Waals surface area contributed by atoms with Gasteiger partial charge in [-0.05, 0) is 37.6 Å². The van der Waals surface area contributed by atoms with E-state index < -0.39 is 0 Å². The Kier molecular flexibility index (Phi) is 6.24. The molecule has 0 unspecified atom stereocenters. The summed E-state index contributed by atoms with van der Waals surface area (Å²) in [4.78, 5) is 13.5. The summed E-state index contributed by atoms with van der Waals surface area (Å²) < 4.78 is 21.2. The van der Waals surface area contributed by atoms with Crippen LogP contribution < -0.4 is 5.32 Å². The van der Waals surface area contributed by atoms with E-state index in [2.05, 4.69) is 25.4 Å². The molecule has 0 atom stereocenters. The molecule has 30 heavy (non-hydrogen) atoms. The predicted molar refractivity (Wildman–Crippen MR) is 114 cm³/mol. The smallest absolute Gasteiger partial charge is 0.182 e. The average Bonchev–Trinajstić information content (AvgIpc) is 3.14. The van der Waals surface area contributed by atoms with Crippen LogP contribution in [0.4, 0.5) is 10.2 Å². The Morgan fingerprint density at radius 1 is 1.07 bits per heavy atom. The van der Waals surface area contributed by atoms with Gasteiger partial charge in [-0.3, -0.25) is 0 Å². The molecule has 8 heteroatoms. The molecule has 0 radical (unpaired) electrons. The van der Waals surface area contributed by atoms with E-state index in [4.69, 9.17) is 4.74 Å². The van der Waals surface area contributed by atoms with Gasteiger partial charge in [-0.1, -0.05) is 18.2 Å². The first-order chi connectivity index (χ1) is 14.8. The van der Waals surface area contributed by atoms with Crippen molar-refractivity contribution in [3.05, 3.63) is 66.2 Å². The fourth-order valence-electron chi connectivity index (χ4n) is 3.18. The normalized spacial score (nSPS) is 11.1. The highest BCUT2D eigenvalue weighted by Crippen LogP contribution is 2.25. The minimum atomic E-state index is -0.270. The van der Waals surface area contributed by atoms with Gasteiger partial charge in [0.15, 0.2) is 11.5 Å². The fourth-order valence-corrected chi connectivity index (χ4v) is 3.18. The van der Waals surface area contributed by atoms with E-state index in [1.165, 1.54) is 6.07 Å². The first-order valence-electron chi connectivity index (χ1n) is 9.96. The van der Waals surface area contributed by atoms with E-state index in [1.54, 1.807) is 29.2 Å². The highest BCUT2D eigenvalue weighted by molar-refractivity contribution is 5.89. The molecule has 3 aromatic heterocycles. The van der Waals surface area contributed by atoms with Crippen molar-refractivity contribution in [2.75, 3.05) is 25.1 Å². The highest BCUT2D eigenvalue weighted by Gasteiger charge is 2.16. The number of halogens is 1. The van der Waals surface area contributed by atoms with Crippen molar-refractivity contribution in [3.8, 4) is 11.5 Å². The molecule has 154 valence electrons. The van der Waals surface area contributed by atoms with Crippen molar-refractivity contribution in [1.82, 2.24) is 24.7 Å². The second kappa shape index (κ2) is 9.41. The molecule has 0 amide bonds. The fraction of sp³-hybridized carbons (Fsp3) is 0.273. The minimum Gasteiger partial charge on any atom is -0.382 e. The van der Waals surface area contributed by atoms with Crippen molar-refractivity contribution in [1.29, 1.82) is 0 Å². The largest absolute Gasteiger partial charge is 0.382 e. The first kappa shape index (κ1) is 19.9. The zero-order valence-corrected chi connectivity index (χ0v) is 16.8. The molecule has 0 aliphatic rings. The van der Waals surface area contributed by atoms with Crippen molar-refractivity contribution in [2.24, 2.45) is 0 Å². The van der Waals surface area contributed by atoms with Crippen molar-refractivity contribution in [2.45, 2.75) is 19.9 Å². The number of nitrogens with one attached hydrogen (secondary N) is 1. The number of hydrogen-bond acceptors (Lipinski definition) is 6. The van der Waals surface area contributed by atoms with E-state index in [1.807, 2.05) is 31.2 Å².